The maximum Gasteiger partial charge on any atom is 0.310 e. The summed E-state index contributed by atoms with van der Waals surface area (Å²) in [6.07, 6.45) is 0.299. The molecular weight excluding hydrogens is 284 g/mol. The average molecular weight is 302 g/mol. The lowest BCUT2D eigenvalue weighted by Crippen LogP contribution is -2.08. The van der Waals surface area contributed by atoms with Gasteiger partial charge < -0.3 is 9.47 Å². The van der Waals surface area contributed by atoms with Crippen LogP contribution in [0.1, 0.15) is 12.5 Å². The molecule has 0 bridgehead atoms. The van der Waals surface area contributed by atoms with E-state index in [1.165, 1.54) is 0 Å². The van der Waals surface area contributed by atoms with E-state index in [2.05, 4.69) is 0 Å². The van der Waals surface area contributed by atoms with Gasteiger partial charge in [0.1, 0.15) is 5.75 Å². The molecule has 0 spiro atoms. The molecule has 0 aliphatic rings. The van der Waals surface area contributed by atoms with E-state index < -0.39 is 0 Å². The molecule has 0 N–H and O–H groups in total. The van der Waals surface area contributed by atoms with Gasteiger partial charge in [-0.05, 0) is 42.8 Å². The first-order valence-corrected chi connectivity index (χ1v) is 7.60. The second-order valence-electron chi connectivity index (χ2n) is 4.37. The van der Waals surface area contributed by atoms with E-state index in [4.69, 9.17) is 9.47 Å². The molecule has 0 heterocycles. The fourth-order valence-electron chi connectivity index (χ4n) is 1.89. The Morgan fingerprint density at radius 2 is 1.81 bits per heavy atom. The van der Waals surface area contributed by atoms with Gasteiger partial charge in [0.15, 0.2) is 0 Å². The highest BCUT2D eigenvalue weighted by atomic mass is 32.2. The van der Waals surface area contributed by atoms with Crippen LogP contribution in [0.4, 0.5) is 0 Å². The van der Waals surface area contributed by atoms with Crippen LogP contribution in [0.2, 0.25) is 0 Å². The van der Waals surface area contributed by atoms with Gasteiger partial charge in [0.05, 0.1) is 20.1 Å². The first kappa shape index (κ1) is 15.4. The molecule has 2 rings (SSSR count). The van der Waals surface area contributed by atoms with Gasteiger partial charge in [0, 0.05) is 9.79 Å². The number of esters is 1. The van der Waals surface area contributed by atoms with Crippen molar-refractivity contribution in [1.29, 1.82) is 0 Å². The molecule has 0 unspecified atom stereocenters. The second-order valence-corrected chi connectivity index (χ2v) is 5.48. The summed E-state index contributed by atoms with van der Waals surface area (Å²) in [6.45, 7) is 2.22. The molecule has 0 aromatic heterocycles. The summed E-state index contributed by atoms with van der Waals surface area (Å²) in [6, 6.07) is 15.8. The van der Waals surface area contributed by atoms with E-state index in [1.807, 2.05) is 55.5 Å². The van der Waals surface area contributed by atoms with Crippen LogP contribution in [0.3, 0.4) is 0 Å². The van der Waals surface area contributed by atoms with E-state index in [1.54, 1.807) is 18.9 Å². The predicted molar refractivity (Wildman–Crippen MR) is 83.9 cm³/mol. The van der Waals surface area contributed by atoms with Crippen molar-refractivity contribution in [3.63, 3.8) is 0 Å². The first-order valence-electron chi connectivity index (χ1n) is 6.78. The minimum Gasteiger partial charge on any atom is -0.497 e. The van der Waals surface area contributed by atoms with Gasteiger partial charge in [-0.2, -0.15) is 0 Å². The van der Waals surface area contributed by atoms with Crippen molar-refractivity contribution in [2.45, 2.75) is 23.1 Å². The van der Waals surface area contributed by atoms with E-state index >= 15 is 0 Å². The quantitative estimate of drug-likeness (QED) is 0.757. The van der Waals surface area contributed by atoms with Crippen molar-refractivity contribution in [3.8, 4) is 5.75 Å². The maximum atomic E-state index is 11.7. The van der Waals surface area contributed by atoms with E-state index in [-0.39, 0.29) is 5.97 Å². The fourth-order valence-corrected chi connectivity index (χ4v) is 2.83. The van der Waals surface area contributed by atoms with Gasteiger partial charge in [-0.1, -0.05) is 30.0 Å². The van der Waals surface area contributed by atoms with E-state index in [0.717, 1.165) is 21.1 Å². The Bertz CT molecular complexity index is 593. The predicted octanol–water partition coefficient (Wildman–Crippen LogP) is 3.95. The number of carbonyl (C=O) groups excluding carboxylic acids is 1. The highest BCUT2D eigenvalue weighted by Crippen LogP contribution is 2.31. The van der Waals surface area contributed by atoms with Crippen LogP contribution >= 0.6 is 11.8 Å². The molecule has 0 saturated carbocycles. The summed E-state index contributed by atoms with van der Waals surface area (Å²) in [7, 11) is 1.65. The summed E-state index contributed by atoms with van der Waals surface area (Å²) in [4.78, 5) is 13.8. The van der Waals surface area contributed by atoms with E-state index in [0.29, 0.717) is 13.0 Å². The van der Waals surface area contributed by atoms with Crippen LogP contribution in [0, 0.1) is 0 Å². The molecule has 3 nitrogen and oxygen atoms in total. The molecule has 21 heavy (non-hydrogen) atoms. The number of carbonyl (C=O) groups is 1. The van der Waals surface area contributed by atoms with Crippen LogP contribution in [-0.4, -0.2) is 19.7 Å². The fraction of sp³-hybridized carbons (Fsp3) is 0.235. The smallest absolute Gasteiger partial charge is 0.310 e. The Morgan fingerprint density at radius 1 is 1.10 bits per heavy atom. The van der Waals surface area contributed by atoms with Crippen molar-refractivity contribution in [3.05, 3.63) is 54.1 Å². The van der Waals surface area contributed by atoms with Crippen molar-refractivity contribution < 1.29 is 14.3 Å². The van der Waals surface area contributed by atoms with Gasteiger partial charge in [0.25, 0.3) is 0 Å². The molecule has 4 heteroatoms. The highest BCUT2D eigenvalue weighted by molar-refractivity contribution is 7.99. The molecule has 0 saturated heterocycles. The number of hydrogen-bond acceptors (Lipinski definition) is 4. The Hall–Kier alpha value is -1.94. The molecule has 2 aromatic carbocycles. The number of rotatable bonds is 6. The van der Waals surface area contributed by atoms with Crippen LogP contribution in [0.25, 0.3) is 0 Å². The minimum atomic E-state index is -0.194. The van der Waals surface area contributed by atoms with Gasteiger partial charge in [0.2, 0.25) is 0 Å². The van der Waals surface area contributed by atoms with Gasteiger partial charge in [-0.25, -0.2) is 0 Å². The third-order valence-corrected chi connectivity index (χ3v) is 4.03. The lowest BCUT2D eigenvalue weighted by molar-refractivity contribution is -0.142. The first-order chi connectivity index (χ1) is 10.2. The third-order valence-electron chi connectivity index (χ3n) is 2.90. The molecule has 110 valence electrons. The maximum absolute atomic E-state index is 11.7. The standard InChI is InChI=1S/C17H18O3S/c1-3-20-17(18)12-13-6-4-5-7-16(13)21-15-10-8-14(19-2)9-11-15/h4-11H,3,12H2,1-2H3. The van der Waals surface area contributed by atoms with Crippen molar-refractivity contribution in [2.24, 2.45) is 0 Å². The SMILES string of the molecule is CCOC(=O)Cc1ccccc1Sc1ccc(OC)cc1. The van der Waals surface area contributed by atoms with Gasteiger partial charge in [-0.3, -0.25) is 4.79 Å². The Morgan fingerprint density at radius 3 is 2.48 bits per heavy atom. The summed E-state index contributed by atoms with van der Waals surface area (Å²) >= 11 is 1.63. The second kappa shape index (κ2) is 7.74. The Balaban J connectivity index is 2.13. The lowest BCUT2D eigenvalue weighted by atomic mass is 10.1. The van der Waals surface area contributed by atoms with Gasteiger partial charge >= 0.3 is 5.97 Å². The van der Waals surface area contributed by atoms with Crippen molar-refractivity contribution in [2.75, 3.05) is 13.7 Å². The summed E-state index contributed by atoms with van der Waals surface area (Å²) in [5.41, 5.74) is 0.983. The molecule has 0 radical (unpaired) electrons. The molecule has 0 aliphatic carbocycles. The zero-order valence-corrected chi connectivity index (χ0v) is 13.0. The van der Waals surface area contributed by atoms with Crippen LogP contribution in [0.5, 0.6) is 5.75 Å². The number of methoxy groups -OCH3 is 1. The van der Waals surface area contributed by atoms with Crippen LogP contribution < -0.4 is 4.74 Å². The summed E-state index contributed by atoms with van der Waals surface area (Å²) < 4.78 is 10.2. The molecular formula is C17H18O3S. The lowest BCUT2D eigenvalue weighted by Gasteiger charge is -2.09. The Labute approximate surface area is 129 Å². The summed E-state index contributed by atoms with van der Waals surface area (Å²) in [5, 5.41) is 0. The third kappa shape index (κ3) is 4.53. The van der Waals surface area contributed by atoms with Crippen LogP contribution in [-0.2, 0) is 16.0 Å². The zero-order valence-electron chi connectivity index (χ0n) is 12.2. The minimum absolute atomic E-state index is 0.194. The number of hydrogen-bond donors (Lipinski definition) is 0. The van der Waals surface area contributed by atoms with E-state index in [9.17, 15) is 4.79 Å². The van der Waals surface area contributed by atoms with Crippen molar-refractivity contribution in [1.82, 2.24) is 0 Å². The average Bonchev–Trinajstić information content (AvgIpc) is 2.50. The molecule has 0 aliphatic heterocycles. The monoisotopic (exact) mass is 302 g/mol. The molecule has 0 fully saturated rings. The zero-order chi connectivity index (χ0) is 15.1. The Kier molecular flexibility index (Phi) is 5.69. The molecule has 0 atom stereocenters. The normalized spacial score (nSPS) is 10.2. The number of ether oxygens (including phenoxy) is 2. The topological polar surface area (TPSA) is 35.5 Å². The number of benzene rings is 2. The largest absolute Gasteiger partial charge is 0.497 e. The van der Waals surface area contributed by atoms with Gasteiger partial charge in [-0.15, -0.1) is 0 Å². The summed E-state index contributed by atoms with van der Waals surface area (Å²) in [5.74, 6) is 0.638. The highest BCUT2D eigenvalue weighted by Gasteiger charge is 2.09. The molecule has 0 amide bonds. The van der Waals surface area contributed by atoms with Crippen molar-refractivity contribution >= 4 is 17.7 Å². The van der Waals surface area contributed by atoms with Crippen LogP contribution in [0.15, 0.2) is 58.3 Å². The molecule has 2 aromatic rings.